The zero-order valence-corrected chi connectivity index (χ0v) is 16.5. The Morgan fingerprint density at radius 2 is 2.17 bits per heavy atom. The molecule has 1 saturated heterocycles. The number of carbonyl (C=O) groups excluding carboxylic acids is 2. The summed E-state index contributed by atoms with van der Waals surface area (Å²) in [7, 11) is -4.95. The number of nitrogens with two attached hydrogens (primary N) is 1. The molecule has 1 aliphatic heterocycles. The molecule has 5 N–H and O–H groups in total. The summed E-state index contributed by atoms with van der Waals surface area (Å²) in [6.45, 7) is 1.95. The molecule has 2 heterocycles. The number of carbonyl (C=O) groups is 3. The first-order chi connectivity index (χ1) is 13.3. The van der Waals surface area contributed by atoms with E-state index in [-0.39, 0.29) is 10.8 Å². The van der Waals surface area contributed by atoms with Crippen molar-refractivity contribution in [3.8, 4) is 0 Å². The molecule has 17 heteroatoms. The Hall–Kier alpha value is -2.89. The van der Waals surface area contributed by atoms with Crippen molar-refractivity contribution in [3.05, 3.63) is 11.1 Å². The maximum absolute atomic E-state index is 12.6. The molecule has 15 nitrogen and oxygen atoms in total. The van der Waals surface area contributed by atoms with E-state index in [0.717, 1.165) is 11.3 Å². The van der Waals surface area contributed by atoms with Gasteiger partial charge < -0.3 is 21.0 Å². The van der Waals surface area contributed by atoms with Crippen LogP contribution >= 0.6 is 11.3 Å². The van der Waals surface area contributed by atoms with Crippen molar-refractivity contribution in [2.45, 2.75) is 31.5 Å². The first-order valence-corrected chi connectivity index (χ1v) is 9.83. The van der Waals surface area contributed by atoms with E-state index in [1.165, 1.54) is 19.2 Å². The number of carboxylic acid groups (broad SMARTS) is 1. The Balaban J connectivity index is 2.15. The van der Waals surface area contributed by atoms with Crippen LogP contribution in [0.4, 0.5) is 5.13 Å². The second-order valence-electron chi connectivity index (χ2n) is 6.11. The summed E-state index contributed by atoms with van der Waals surface area (Å²) in [6, 6.07) is -2.66. The molecule has 0 spiro atoms. The van der Waals surface area contributed by atoms with Crippen molar-refractivity contribution in [3.63, 3.8) is 0 Å². The Bertz CT molecular complexity index is 943. The number of hydroxylamine groups is 2. The number of hydrogen-bond acceptors (Lipinski definition) is 12. The lowest BCUT2D eigenvalue weighted by Crippen LogP contribution is -2.76. The second kappa shape index (κ2) is 8.23. The molecule has 1 aromatic heterocycles. The van der Waals surface area contributed by atoms with Crippen LogP contribution in [0.25, 0.3) is 0 Å². The van der Waals surface area contributed by atoms with Gasteiger partial charge in [-0.1, -0.05) is 0 Å². The van der Waals surface area contributed by atoms with Crippen molar-refractivity contribution < 1.29 is 41.6 Å². The summed E-state index contributed by atoms with van der Waals surface area (Å²) in [5.41, 5.74) is 4.24. The standard InChI is InChI=1S/C12H16N6O9S2/c1-12(2)8(10(22)18(12)27-29(23,24)25)15-9(21)7(5-4-28-11(13)14-5)16-17-26-3-6(19)20/h4,7-8H,3H2,1-2H3,(H2,13,14)(H,15,21)(H,19,20)(H,23,24,25)/t7?,8-/m1/s1. The van der Waals surface area contributed by atoms with E-state index >= 15 is 0 Å². The average molecular weight is 452 g/mol. The van der Waals surface area contributed by atoms with Gasteiger partial charge in [0.05, 0.1) is 11.2 Å². The number of rotatable bonds is 9. The average Bonchev–Trinajstić information content (AvgIpc) is 3.02. The highest BCUT2D eigenvalue weighted by Gasteiger charge is 2.58. The smallest absolute Gasteiger partial charge is 0.418 e. The fraction of sp³-hybridized carbons (Fsp3) is 0.500. The molecule has 2 rings (SSSR count). The van der Waals surface area contributed by atoms with E-state index < -0.39 is 52.4 Å². The molecule has 0 radical (unpaired) electrons. The van der Waals surface area contributed by atoms with Gasteiger partial charge in [0.15, 0.2) is 11.2 Å². The molecule has 1 unspecified atom stereocenters. The van der Waals surface area contributed by atoms with Crippen molar-refractivity contribution in [1.82, 2.24) is 15.4 Å². The molecule has 2 atom stereocenters. The molecule has 1 aliphatic rings. The molecular weight excluding hydrogens is 436 g/mol. The molecule has 0 aliphatic carbocycles. The van der Waals surface area contributed by atoms with Gasteiger partial charge in [-0.25, -0.2) is 9.78 Å². The Kier molecular flexibility index (Phi) is 6.36. The second-order valence-corrected chi connectivity index (χ2v) is 8.00. The lowest BCUT2D eigenvalue weighted by Gasteiger charge is -2.50. The van der Waals surface area contributed by atoms with E-state index in [9.17, 15) is 22.8 Å². The molecule has 0 aromatic carbocycles. The first-order valence-electron chi connectivity index (χ1n) is 7.59. The number of nitrogens with one attached hydrogen (secondary N) is 1. The molecular formula is C12H16N6O9S2. The Morgan fingerprint density at radius 1 is 1.52 bits per heavy atom. The van der Waals surface area contributed by atoms with Crippen molar-refractivity contribution >= 4 is 44.7 Å². The molecule has 160 valence electrons. The van der Waals surface area contributed by atoms with Gasteiger partial charge in [-0.05, 0) is 13.8 Å². The predicted octanol–water partition coefficient (Wildman–Crippen LogP) is -0.925. The minimum atomic E-state index is -4.95. The third-order valence-corrected chi connectivity index (χ3v) is 4.64. The fourth-order valence-corrected chi connectivity index (χ4v) is 3.31. The topological polar surface area (TPSA) is 223 Å². The van der Waals surface area contributed by atoms with Crippen LogP contribution in [0.2, 0.25) is 0 Å². The van der Waals surface area contributed by atoms with Crippen LogP contribution in [-0.4, -0.2) is 64.1 Å². The maximum atomic E-state index is 12.6. The number of amides is 2. The summed E-state index contributed by atoms with van der Waals surface area (Å²) in [4.78, 5) is 43.5. The normalized spacial score (nSPS) is 19.6. The Labute approximate surface area is 167 Å². The zero-order chi connectivity index (χ0) is 22.0. The van der Waals surface area contributed by atoms with Crippen LogP contribution in [0.5, 0.6) is 0 Å². The minimum absolute atomic E-state index is 0.0586. The predicted molar refractivity (Wildman–Crippen MR) is 93.2 cm³/mol. The van der Waals surface area contributed by atoms with E-state index in [4.69, 9.17) is 15.4 Å². The number of nitrogen functional groups attached to an aromatic ring is 1. The highest BCUT2D eigenvalue weighted by Crippen LogP contribution is 2.33. The highest BCUT2D eigenvalue weighted by atomic mass is 32.3. The maximum Gasteiger partial charge on any atom is 0.418 e. The number of aromatic nitrogens is 1. The van der Waals surface area contributed by atoms with Gasteiger partial charge in [0.2, 0.25) is 6.61 Å². The van der Waals surface area contributed by atoms with Gasteiger partial charge in [-0.15, -0.1) is 20.7 Å². The summed E-state index contributed by atoms with van der Waals surface area (Å²) >= 11 is 1.00. The summed E-state index contributed by atoms with van der Waals surface area (Å²) in [6.07, 6.45) is 0. The zero-order valence-electron chi connectivity index (χ0n) is 14.9. The van der Waals surface area contributed by atoms with Crippen molar-refractivity contribution in [1.29, 1.82) is 0 Å². The van der Waals surface area contributed by atoms with Crippen molar-refractivity contribution in [2.75, 3.05) is 12.3 Å². The molecule has 0 bridgehead atoms. The van der Waals surface area contributed by atoms with Crippen LogP contribution in [-0.2, 0) is 33.9 Å². The van der Waals surface area contributed by atoms with Gasteiger partial charge in [-0.3, -0.25) is 14.1 Å². The molecule has 1 aromatic rings. The molecule has 0 saturated carbocycles. The quantitative estimate of drug-likeness (QED) is 0.155. The minimum Gasteiger partial charge on any atom is -0.479 e. The highest BCUT2D eigenvalue weighted by molar-refractivity contribution is 7.80. The molecule has 2 amide bonds. The van der Waals surface area contributed by atoms with Crippen LogP contribution in [0.1, 0.15) is 25.6 Å². The lowest BCUT2D eigenvalue weighted by molar-refractivity contribution is -0.218. The molecule has 1 fully saturated rings. The van der Waals surface area contributed by atoms with Gasteiger partial charge in [-0.2, -0.15) is 13.5 Å². The number of nitrogens with zero attached hydrogens (tertiary/aromatic N) is 4. The van der Waals surface area contributed by atoms with Crippen LogP contribution in [0.15, 0.2) is 15.8 Å². The Morgan fingerprint density at radius 3 is 2.66 bits per heavy atom. The van der Waals surface area contributed by atoms with Gasteiger partial charge >= 0.3 is 16.4 Å². The SMILES string of the molecule is CC1(C)[C@H](NC(=O)C(N=NOCC(=O)O)c2csc(N)n2)C(=O)N1OS(=O)(=O)O. The number of β-lactam (4-membered cyclic amide) rings is 1. The monoisotopic (exact) mass is 452 g/mol. The van der Waals surface area contributed by atoms with E-state index in [2.05, 4.69) is 29.8 Å². The summed E-state index contributed by atoms with van der Waals surface area (Å²) < 4.78 is 34.6. The number of hydrogen-bond donors (Lipinski definition) is 4. The van der Waals surface area contributed by atoms with Crippen LogP contribution in [0, 0.1) is 0 Å². The van der Waals surface area contributed by atoms with Crippen LogP contribution in [0.3, 0.4) is 0 Å². The third-order valence-electron chi connectivity index (χ3n) is 3.61. The number of carboxylic acids is 1. The van der Waals surface area contributed by atoms with Gasteiger partial charge in [0.1, 0.15) is 6.04 Å². The van der Waals surface area contributed by atoms with E-state index in [0.29, 0.717) is 5.06 Å². The van der Waals surface area contributed by atoms with Gasteiger partial charge in [0, 0.05) is 10.7 Å². The number of anilines is 1. The largest absolute Gasteiger partial charge is 0.479 e. The van der Waals surface area contributed by atoms with Crippen molar-refractivity contribution in [2.24, 2.45) is 10.4 Å². The lowest BCUT2D eigenvalue weighted by atomic mass is 9.84. The van der Waals surface area contributed by atoms with Gasteiger partial charge in [0.25, 0.3) is 11.8 Å². The third kappa shape index (κ3) is 5.34. The number of thiazole rings is 1. The van der Waals surface area contributed by atoms with E-state index in [1.807, 2.05) is 0 Å². The fourth-order valence-electron chi connectivity index (χ4n) is 2.28. The first kappa shape index (κ1) is 22.4. The molecule has 29 heavy (non-hydrogen) atoms. The summed E-state index contributed by atoms with van der Waals surface area (Å²) in [5, 5.41) is 19.5. The number of aliphatic carboxylic acids is 1. The van der Waals surface area contributed by atoms with Crippen LogP contribution < -0.4 is 11.1 Å². The summed E-state index contributed by atoms with van der Waals surface area (Å²) in [5.74, 6) is -3.14. The van der Waals surface area contributed by atoms with E-state index in [1.54, 1.807) is 0 Å².